The molecule has 0 aliphatic heterocycles. The lowest BCUT2D eigenvalue weighted by molar-refractivity contribution is 0.711. The Bertz CT molecular complexity index is 601. The van der Waals surface area contributed by atoms with Crippen LogP contribution in [-0.4, -0.2) is 8.16 Å². The average molecular weight is 281 g/mol. The standard InChI is InChI=1S/C11H9BrN2O2/c12-14-10(15)6-7-13(11(14)16)8-9-4-2-1-3-5-9/h1-7H,8H2. The van der Waals surface area contributed by atoms with Crippen LogP contribution in [0.3, 0.4) is 0 Å². The molecule has 82 valence electrons. The molecule has 1 aromatic carbocycles. The molecule has 0 spiro atoms. The predicted octanol–water partition coefficient (Wildman–Crippen LogP) is 1.22. The number of aromatic nitrogens is 2. The smallest absolute Gasteiger partial charge is 0.295 e. The van der Waals surface area contributed by atoms with Crippen molar-refractivity contribution in [1.82, 2.24) is 8.16 Å². The normalized spacial score (nSPS) is 10.3. The van der Waals surface area contributed by atoms with E-state index in [9.17, 15) is 9.59 Å². The predicted molar refractivity (Wildman–Crippen MR) is 64.8 cm³/mol. The number of nitrogens with zero attached hydrogens (tertiary/aromatic N) is 2. The van der Waals surface area contributed by atoms with Crippen molar-refractivity contribution < 1.29 is 0 Å². The summed E-state index contributed by atoms with van der Waals surface area (Å²) in [6, 6.07) is 10.9. The van der Waals surface area contributed by atoms with Crippen LogP contribution in [0.2, 0.25) is 0 Å². The summed E-state index contributed by atoms with van der Waals surface area (Å²) in [4.78, 5) is 22.8. The summed E-state index contributed by atoms with van der Waals surface area (Å²) < 4.78 is 2.38. The molecular weight excluding hydrogens is 272 g/mol. The van der Waals surface area contributed by atoms with Gasteiger partial charge in [-0.3, -0.25) is 9.36 Å². The van der Waals surface area contributed by atoms with Gasteiger partial charge in [-0.15, -0.1) is 0 Å². The highest BCUT2D eigenvalue weighted by Crippen LogP contribution is 1.99. The van der Waals surface area contributed by atoms with Crippen LogP contribution in [0, 0.1) is 0 Å². The first-order valence-electron chi connectivity index (χ1n) is 4.71. The van der Waals surface area contributed by atoms with Gasteiger partial charge < -0.3 is 0 Å². The van der Waals surface area contributed by atoms with Crippen molar-refractivity contribution in [3.8, 4) is 0 Å². The van der Waals surface area contributed by atoms with E-state index in [1.165, 1.54) is 16.8 Å². The van der Waals surface area contributed by atoms with Gasteiger partial charge in [-0.2, -0.15) is 3.59 Å². The quantitative estimate of drug-likeness (QED) is 0.830. The Kier molecular flexibility index (Phi) is 3.05. The highest BCUT2D eigenvalue weighted by Gasteiger charge is 2.02. The zero-order valence-electron chi connectivity index (χ0n) is 8.34. The van der Waals surface area contributed by atoms with Gasteiger partial charge in [0.15, 0.2) is 0 Å². The van der Waals surface area contributed by atoms with Gasteiger partial charge in [0, 0.05) is 12.3 Å². The number of hydrogen-bond donors (Lipinski definition) is 0. The molecule has 0 amide bonds. The first-order valence-corrected chi connectivity index (χ1v) is 5.42. The molecule has 4 nitrogen and oxygen atoms in total. The van der Waals surface area contributed by atoms with Gasteiger partial charge in [0.25, 0.3) is 5.56 Å². The Morgan fingerprint density at radius 1 is 1.06 bits per heavy atom. The number of rotatable bonds is 2. The molecular formula is C11H9BrN2O2. The van der Waals surface area contributed by atoms with Gasteiger partial charge in [0.2, 0.25) is 0 Å². The minimum atomic E-state index is -0.378. The van der Waals surface area contributed by atoms with Crippen molar-refractivity contribution in [2.75, 3.05) is 0 Å². The van der Waals surface area contributed by atoms with E-state index in [0.717, 1.165) is 9.16 Å². The van der Waals surface area contributed by atoms with Crippen molar-refractivity contribution in [2.45, 2.75) is 6.54 Å². The summed E-state index contributed by atoms with van der Waals surface area (Å²) in [5.74, 6) is 0. The molecule has 0 unspecified atom stereocenters. The van der Waals surface area contributed by atoms with E-state index in [1.807, 2.05) is 30.3 Å². The Hall–Kier alpha value is -1.62. The van der Waals surface area contributed by atoms with E-state index in [-0.39, 0.29) is 11.2 Å². The third kappa shape index (κ3) is 2.14. The number of halogens is 1. The van der Waals surface area contributed by atoms with Gasteiger partial charge in [-0.05, 0) is 5.56 Å². The first kappa shape index (κ1) is 10.9. The maximum atomic E-state index is 11.7. The zero-order valence-corrected chi connectivity index (χ0v) is 9.92. The lowest BCUT2D eigenvalue weighted by atomic mass is 10.2. The average Bonchev–Trinajstić information content (AvgIpc) is 2.31. The molecule has 0 aliphatic carbocycles. The van der Waals surface area contributed by atoms with Crippen LogP contribution in [0.15, 0.2) is 52.2 Å². The minimum Gasteiger partial charge on any atom is -0.295 e. The van der Waals surface area contributed by atoms with E-state index >= 15 is 0 Å². The second-order valence-corrected chi connectivity index (χ2v) is 4.04. The van der Waals surface area contributed by atoms with E-state index in [1.54, 1.807) is 0 Å². The fourth-order valence-electron chi connectivity index (χ4n) is 1.39. The number of hydrogen-bond acceptors (Lipinski definition) is 2. The van der Waals surface area contributed by atoms with Crippen LogP contribution < -0.4 is 11.2 Å². The Morgan fingerprint density at radius 3 is 2.44 bits per heavy atom. The Morgan fingerprint density at radius 2 is 1.75 bits per heavy atom. The van der Waals surface area contributed by atoms with Crippen LogP contribution in [0.1, 0.15) is 5.56 Å². The first-order chi connectivity index (χ1) is 7.68. The third-order valence-corrected chi connectivity index (χ3v) is 2.85. The summed E-state index contributed by atoms with van der Waals surface area (Å²) in [5.41, 5.74) is 0.265. The van der Waals surface area contributed by atoms with Gasteiger partial charge in [-0.1, -0.05) is 30.3 Å². The van der Waals surface area contributed by atoms with Crippen molar-refractivity contribution in [3.63, 3.8) is 0 Å². The highest BCUT2D eigenvalue weighted by atomic mass is 79.9. The molecule has 0 N–H and O–H groups in total. The third-order valence-electron chi connectivity index (χ3n) is 2.20. The molecule has 1 heterocycles. The lowest BCUT2D eigenvalue weighted by Gasteiger charge is -2.05. The van der Waals surface area contributed by atoms with Crippen LogP contribution in [0.5, 0.6) is 0 Å². The molecule has 0 radical (unpaired) electrons. The van der Waals surface area contributed by atoms with Crippen molar-refractivity contribution in [1.29, 1.82) is 0 Å². The van der Waals surface area contributed by atoms with Crippen molar-refractivity contribution in [2.24, 2.45) is 0 Å². The summed E-state index contributed by atoms with van der Waals surface area (Å²) in [7, 11) is 0. The molecule has 0 bridgehead atoms. The van der Waals surface area contributed by atoms with Crippen LogP contribution in [0.25, 0.3) is 0 Å². The van der Waals surface area contributed by atoms with Gasteiger partial charge >= 0.3 is 5.69 Å². The molecule has 0 fully saturated rings. The fraction of sp³-hybridized carbons (Fsp3) is 0.0909. The van der Waals surface area contributed by atoms with Crippen LogP contribution >= 0.6 is 16.1 Å². The van der Waals surface area contributed by atoms with Crippen LogP contribution in [-0.2, 0) is 6.54 Å². The van der Waals surface area contributed by atoms with Gasteiger partial charge in [0.1, 0.15) is 0 Å². The fourth-order valence-corrected chi connectivity index (χ4v) is 1.71. The monoisotopic (exact) mass is 280 g/mol. The molecule has 0 aliphatic rings. The summed E-state index contributed by atoms with van der Waals surface area (Å²) in [5, 5.41) is 0. The molecule has 0 saturated heterocycles. The van der Waals surface area contributed by atoms with E-state index in [2.05, 4.69) is 16.1 Å². The summed E-state index contributed by atoms with van der Waals surface area (Å²) in [6.07, 6.45) is 1.50. The van der Waals surface area contributed by atoms with Gasteiger partial charge in [0.05, 0.1) is 22.7 Å². The largest absolute Gasteiger partial charge is 0.341 e. The van der Waals surface area contributed by atoms with Crippen molar-refractivity contribution >= 4 is 16.1 Å². The summed E-state index contributed by atoms with van der Waals surface area (Å²) in [6.45, 7) is 0.450. The topological polar surface area (TPSA) is 44.0 Å². The Labute approximate surface area is 100 Å². The molecule has 16 heavy (non-hydrogen) atoms. The molecule has 1 aromatic heterocycles. The molecule has 2 aromatic rings. The van der Waals surface area contributed by atoms with E-state index in [0.29, 0.717) is 6.54 Å². The Balaban J connectivity index is 2.41. The SMILES string of the molecule is O=c1ccn(Cc2ccccc2)c(=O)n1Br. The van der Waals surface area contributed by atoms with Crippen molar-refractivity contribution in [3.05, 3.63) is 69.0 Å². The molecule has 0 atom stereocenters. The second kappa shape index (κ2) is 4.49. The second-order valence-electron chi connectivity index (χ2n) is 3.33. The summed E-state index contributed by atoms with van der Waals surface area (Å²) >= 11 is 2.91. The molecule has 2 rings (SSSR count). The maximum Gasteiger partial charge on any atom is 0.341 e. The molecule has 5 heteroatoms. The van der Waals surface area contributed by atoms with E-state index < -0.39 is 0 Å². The highest BCUT2D eigenvalue weighted by molar-refractivity contribution is 9.08. The zero-order chi connectivity index (χ0) is 11.5. The minimum absolute atomic E-state index is 0.366. The number of benzene rings is 1. The van der Waals surface area contributed by atoms with E-state index in [4.69, 9.17) is 0 Å². The van der Waals surface area contributed by atoms with Gasteiger partial charge in [-0.25, -0.2) is 4.79 Å². The molecule has 0 saturated carbocycles. The maximum absolute atomic E-state index is 11.7. The van der Waals surface area contributed by atoms with Crippen LogP contribution in [0.4, 0.5) is 0 Å². The lowest BCUT2D eigenvalue weighted by Crippen LogP contribution is -2.34.